The molecule has 1 aromatic carbocycles. The van der Waals surface area contributed by atoms with Crippen LogP contribution in [0.1, 0.15) is 22.8 Å². The Labute approximate surface area is 125 Å². The van der Waals surface area contributed by atoms with E-state index < -0.39 is 5.97 Å². The van der Waals surface area contributed by atoms with Gasteiger partial charge in [0.25, 0.3) is 0 Å². The minimum absolute atomic E-state index is 0.412. The highest BCUT2D eigenvalue weighted by molar-refractivity contribution is 9.09. The number of carboxylic acids is 1. The van der Waals surface area contributed by atoms with Gasteiger partial charge in [-0.25, -0.2) is 4.79 Å². The zero-order valence-electron chi connectivity index (χ0n) is 10.5. The van der Waals surface area contributed by atoms with E-state index in [2.05, 4.69) is 37.2 Å². The first-order valence-corrected chi connectivity index (χ1v) is 8.05. The van der Waals surface area contributed by atoms with Crippen LogP contribution < -0.4 is 5.32 Å². The number of benzene rings is 1. The predicted octanol–water partition coefficient (Wildman–Crippen LogP) is 3.31. The molecule has 0 bridgehead atoms. The van der Waals surface area contributed by atoms with Crippen LogP contribution >= 0.6 is 31.9 Å². The van der Waals surface area contributed by atoms with Crippen LogP contribution in [0.15, 0.2) is 24.3 Å². The van der Waals surface area contributed by atoms with Crippen molar-refractivity contribution in [1.82, 2.24) is 5.32 Å². The Morgan fingerprint density at radius 1 is 1.22 bits per heavy atom. The van der Waals surface area contributed by atoms with Crippen LogP contribution in [0.3, 0.4) is 0 Å². The first kappa shape index (κ1) is 17.6. The Morgan fingerprint density at radius 3 is 2.17 bits per heavy atom. The van der Waals surface area contributed by atoms with Crippen molar-refractivity contribution < 1.29 is 9.90 Å². The normalized spacial score (nSPS) is 9.50. The molecule has 0 aromatic heterocycles. The molecule has 0 spiro atoms. The van der Waals surface area contributed by atoms with Crippen LogP contribution in [0.5, 0.6) is 0 Å². The first-order chi connectivity index (χ1) is 8.67. The number of hydrogen-bond acceptors (Lipinski definition) is 2. The molecule has 2 N–H and O–H groups in total. The molecular formula is C13H19Br2NO2. The van der Waals surface area contributed by atoms with Gasteiger partial charge in [0.15, 0.2) is 0 Å². The average molecular weight is 381 g/mol. The molecular weight excluding hydrogens is 362 g/mol. The van der Waals surface area contributed by atoms with Crippen molar-refractivity contribution in [3.63, 3.8) is 0 Å². The molecule has 0 radical (unpaired) electrons. The molecule has 0 saturated heterocycles. The number of halogens is 2. The summed E-state index contributed by atoms with van der Waals surface area (Å²) in [6.07, 6.45) is 0.766. The molecule has 0 aliphatic carbocycles. The molecule has 5 heteroatoms. The molecule has 0 fully saturated rings. The number of carbonyl (C=O) groups is 1. The fraction of sp³-hybridized carbons (Fsp3) is 0.462. The smallest absolute Gasteiger partial charge is 0.335 e. The summed E-state index contributed by atoms with van der Waals surface area (Å²) in [6, 6.07) is 7.05. The monoisotopic (exact) mass is 379 g/mol. The summed E-state index contributed by atoms with van der Waals surface area (Å²) in [6.45, 7) is 4.07. The third-order valence-corrected chi connectivity index (χ3v) is 2.96. The Balaban J connectivity index is 0.000000360. The summed E-state index contributed by atoms with van der Waals surface area (Å²) in [5.41, 5.74) is 1.30. The number of carboxylic acid groups (broad SMARTS) is 1. The van der Waals surface area contributed by atoms with E-state index in [1.165, 1.54) is 0 Å². The summed E-state index contributed by atoms with van der Waals surface area (Å²) < 4.78 is 0. The van der Waals surface area contributed by atoms with Gasteiger partial charge in [0, 0.05) is 23.7 Å². The van der Waals surface area contributed by atoms with Crippen molar-refractivity contribution in [1.29, 1.82) is 0 Å². The Kier molecular flexibility index (Phi) is 11.4. The highest BCUT2D eigenvalue weighted by Gasteiger charge is 2.05. The summed E-state index contributed by atoms with van der Waals surface area (Å²) >= 11 is 6.60. The number of alkyl halides is 2. The third-order valence-electron chi connectivity index (χ3n) is 2.17. The molecule has 0 aliphatic rings. The highest BCUT2D eigenvalue weighted by Crippen LogP contribution is 2.08. The van der Waals surface area contributed by atoms with Gasteiger partial charge in [-0.3, -0.25) is 0 Å². The van der Waals surface area contributed by atoms with Crippen LogP contribution in [0, 0.1) is 0 Å². The van der Waals surface area contributed by atoms with Crippen LogP contribution in [0.2, 0.25) is 0 Å². The molecule has 0 unspecified atom stereocenters. The Hall–Kier alpha value is -0.390. The van der Waals surface area contributed by atoms with Gasteiger partial charge in [-0.2, -0.15) is 0 Å². The van der Waals surface area contributed by atoms with Gasteiger partial charge in [-0.1, -0.05) is 57.0 Å². The first-order valence-electron chi connectivity index (χ1n) is 5.81. The lowest BCUT2D eigenvalue weighted by Crippen LogP contribution is -2.18. The molecule has 0 heterocycles. The quantitative estimate of drug-likeness (QED) is 0.587. The Morgan fingerprint density at radius 2 is 1.78 bits per heavy atom. The highest BCUT2D eigenvalue weighted by atomic mass is 79.9. The molecule has 18 heavy (non-hydrogen) atoms. The maximum atomic E-state index is 10.6. The van der Waals surface area contributed by atoms with E-state index in [0.29, 0.717) is 5.56 Å². The maximum Gasteiger partial charge on any atom is 0.335 e. The molecule has 1 rings (SSSR count). The predicted molar refractivity (Wildman–Crippen MR) is 83.2 cm³/mol. The van der Waals surface area contributed by atoms with Crippen molar-refractivity contribution in [3.8, 4) is 0 Å². The van der Waals surface area contributed by atoms with E-state index in [4.69, 9.17) is 5.11 Å². The second-order valence-electron chi connectivity index (χ2n) is 3.44. The number of hydrogen-bond donors (Lipinski definition) is 2. The molecule has 1 aromatic rings. The third kappa shape index (κ3) is 7.84. The van der Waals surface area contributed by atoms with Crippen LogP contribution in [-0.2, 0) is 6.42 Å². The SMILES string of the molecule is BrCCNCCBr.CCc1ccccc1C(=O)O. The van der Waals surface area contributed by atoms with Gasteiger partial charge in [0.2, 0.25) is 0 Å². The van der Waals surface area contributed by atoms with Crippen molar-refractivity contribution in [3.05, 3.63) is 35.4 Å². The topological polar surface area (TPSA) is 49.3 Å². The lowest BCUT2D eigenvalue weighted by molar-refractivity contribution is 0.0695. The standard InChI is InChI=1S/C9H10O2.C4H9Br2N/c1-2-7-5-3-4-6-8(7)9(10)11;5-1-3-7-4-2-6/h3-6H,2H2,1H3,(H,10,11);7H,1-4H2. The van der Waals surface area contributed by atoms with Crippen molar-refractivity contribution in [2.45, 2.75) is 13.3 Å². The fourth-order valence-corrected chi connectivity index (χ4v) is 1.86. The molecule has 0 atom stereocenters. The lowest BCUT2D eigenvalue weighted by Gasteiger charge is -2.00. The van der Waals surface area contributed by atoms with Crippen molar-refractivity contribution in [2.24, 2.45) is 0 Å². The van der Waals surface area contributed by atoms with Gasteiger partial charge < -0.3 is 10.4 Å². The second kappa shape index (κ2) is 11.7. The lowest BCUT2D eigenvalue weighted by atomic mass is 10.1. The van der Waals surface area contributed by atoms with E-state index in [1.54, 1.807) is 12.1 Å². The maximum absolute atomic E-state index is 10.6. The zero-order valence-corrected chi connectivity index (χ0v) is 13.6. The van der Waals surface area contributed by atoms with Crippen LogP contribution in [-0.4, -0.2) is 34.8 Å². The van der Waals surface area contributed by atoms with E-state index in [1.807, 2.05) is 19.1 Å². The van der Waals surface area contributed by atoms with E-state index in [9.17, 15) is 4.79 Å². The fourth-order valence-electron chi connectivity index (χ4n) is 1.30. The minimum Gasteiger partial charge on any atom is -0.478 e. The second-order valence-corrected chi connectivity index (χ2v) is 5.03. The summed E-state index contributed by atoms with van der Waals surface area (Å²) in [4.78, 5) is 10.6. The van der Waals surface area contributed by atoms with Gasteiger partial charge in [-0.05, 0) is 18.1 Å². The largest absolute Gasteiger partial charge is 0.478 e. The molecule has 0 aliphatic heterocycles. The number of nitrogens with one attached hydrogen (secondary N) is 1. The summed E-state index contributed by atoms with van der Waals surface area (Å²) in [5.74, 6) is -0.845. The molecule has 102 valence electrons. The summed E-state index contributed by atoms with van der Waals surface area (Å²) in [7, 11) is 0. The zero-order chi connectivity index (χ0) is 13.8. The van der Waals surface area contributed by atoms with Gasteiger partial charge in [0.05, 0.1) is 5.56 Å². The van der Waals surface area contributed by atoms with E-state index in [-0.39, 0.29) is 0 Å². The molecule has 0 saturated carbocycles. The number of rotatable bonds is 6. The van der Waals surface area contributed by atoms with Crippen molar-refractivity contribution in [2.75, 3.05) is 23.7 Å². The number of aryl methyl sites for hydroxylation is 1. The van der Waals surface area contributed by atoms with E-state index >= 15 is 0 Å². The van der Waals surface area contributed by atoms with Gasteiger partial charge in [0.1, 0.15) is 0 Å². The molecule has 3 nitrogen and oxygen atoms in total. The summed E-state index contributed by atoms with van der Waals surface area (Å²) in [5, 5.41) is 14.0. The minimum atomic E-state index is -0.845. The molecule has 0 amide bonds. The van der Waals surface area contributed by atoms with E-state index in [0.717, 1.165) is 35.7 Å². The van der Waals surface area contributed by atoms with Gasteiger partial charge in [-0.15, -0.1) is 0 Å². The van der Waals surface area contributed by atoms with Crippen molar-refractivity contribution >= 4 is 37.8 Å². The average Bonchev–Trinajstić information content (AvgIpc) is 2.40. The number of aromatic carboxylic acids is 1. The Bertz CT molecular complexity index is 342. The van der Waals surface area contributed by atoms with Crippen LogP contribution in [0.4, 0.5) is 0 Å². The van der Waals surface area contributed by atoms with Crippen LogP contribution in [0.25, 0.3) is 0 Å². The van der Waals surface area contributed by atoms with Gasteiger partial charge >= 0.3 is 5.97 Å².